The van der Waals surface area contributed by atoms with Crippen LogP contribution in [0, 0.1) is 11.8 Å². The highest BCUT2D eigenvalue weighted by molar-refractivity contribution is 7.59. The van der Waals surface area contributed by atoms with Gasteiger partial charge in [0.1, 0.15) is 40.7 Å². The van der Waals surface area contributed by atoms with Gasteiger partial charge in [0, 0.05) is 47.7 Å². The Labute approximate surface area is 367 Å². The molecule has 4 aliphatic rings. The van der Waals surface area contributed by atoms with Crippen molar-refractivity contribution in [3.63, 3.8) is 0 Å². The van der Waals surface area contributed by atoms with Crippen molar-refractivity contribution in [2.75, 3.05) is 19.0 Å². The fourth-order valence-corrected chi connectivity index (χ4v) is 12.6. The first-order valence-corrected chi connectivity index (χ1v) is 25.0. The van der Waals surface area contributed by atoms with E-state index in [-0.39, 0.29) is 42.9 Å². The molecule has 3 amide bonds. The Balaban J connectivity index is 1.13. The van der Waals surface area contributed by atoms with Gasteiger partial charge in [0.2, 0.25) is 25.1 Å². The second-order valence-electron chi connectivity index (χ2n) is 17.8. The molecule has 2 aliphatic heterocycles. The molecule has 15 heteroatoms. The van der Waals surface area contributed by atoms with Crippen LogP contribution in [-0.2, 0) is 25.1 Å². The Morgan fingerprint density at radius 3 is 2.60 bits per heavy atom. The SMILES string of the molecule is COc1ccc2c(O[C@@H]3C[C@H]4C(=O)N[C@]5(P(=O)(O)Cc6ccccc6)C[C@H]5/C=C\CCCCCC(NC(=O)CC5CCCC5)C(=O)N4C3)cc(-c3csc(NC(C)C)n3)nc2c1. The number of nitrogens with one attached hydrogen (secondary N) is 3. The lowest BCUT2D eigenvalue weighted by Crippen LogP contribution is -2.55. The molecule has 2 aliphatic carbocycles. The van der Waals surface area contributed by atoms with Crippen molar-refractivity contribution in [3.05, 3.63) is 77.7 Å². The molecular weight excluding hydrogens is 824 g/mol. The van der Waals surface area contributed by atoms with E-state index < -0.39 is 36.7 Å². The minimum atomic E-state index is -4.04. The third kappa shape index (κ3) is 9.87. The summed E-state index contributed by atoms with van der Waals surface area (Å²) in [6, 6.07) is 14.9. The molecule has 2 aromatic heterocycles. The van der Waals surface area contributed by atoms with Crippen LogP contribution in [0.1, 0.15) is 96.5 Å². The fraction of sp³-hybridized carbons (Fsp3) is 0.511. The number of hydrogen-bond donors (Lipinski definition) is 4. The van der Waals surface area contributed by atoms with Crippen molar-refractivity contribution >= 4 is 52.5 Å². The van der Waals surface area contributed by atoms with Crippen molar-refractivity contribution < 1.29 is 33.3 Å². The van der Waals surface area contributed by atoms with Crippen LogP contribution in [0.5, 0.6) is 11.5 Å². The van der Waals surface area contributed by atoms with E-state index in [1.807, 2.05) is 79.9 Å². The first kappa shape index (κ1) is 43.9. The molecule has 62 heavy (non-hydrogen) atoms. The van der Waals surface area contributed by atoms with Crippen molar-refractivity contribution in [2.24, 2.45) is 11.8 Å². The molecule has 0 bridgehead atoms. The van der Waals surface area contributed by atoms with E-state index >= 15 is 0 Å². The molecule has 4 heterocycles. The van der Waals surface area contributed by atoms with Gasteiger partial charge in [-0.3, -0.25) is 18.9 Å². The average molecular weight is 883 g/mol. The van der Waals surface area contributed by atoms with Crippen LogP contribution in [0.3, 0.4) is 0 Å². The van der Waals surface area contributed by atoms with Crippen LogP contribution in [0.15, 0.2) is 72.1 Å². The number of benzene rings is 2. The maximum Gasteiger partial charge on any atom is 0.245 e. The molecule has 3 fully saturated rings. The molecule has 13 nitrogen and oxygen atoms in total. The number of allylic oxidation sites excluding steroid dienone is 1. The maximum absolute atomic E-state index is 14.9. The summed E-state index contributed by atoms with van der Waals surface area (Å²) >= 11 is 1.48. The van der Waals surface area contributed by atoms with Gasteiger partial charge in [-0.25, -0.2) is 9.97 Å². The second kappa shape index (κ2) is 18.9. The van der Waals surface area contributed by atoms with Crippen molar-refractivity contribution in [1.29, 1.82) is 0 Å². The van der Waals surface area contributed by atoms with E-state index in [1.165, 1.54) is 16.2 Å². The number of carbonyl (C=O) groups excluding carboxylic acids is 3. The number of rotatable bonds is 12. The standard InChI is InChI=1S/C47H59N6O7PS/c1-30(2)48-46-51-40(29-62-46)39-25-42(36-21-20-34(59-3)23-38(36)49-39)60-35-24-41-44(55)52-47(61(57,58)28-32-16-8-7-9-17-32)26-33(47)18-10-5-4-6-11-19-37(45(56)53(41)27-35)50-43(54)22-31-14-12-13-15-31/h7-10,16-18,20-21,23,25,29-31,33,35,37,41H,4-6,11-15,19,22,24,26-28H2,1-3H3,(H,48,51)(H,50,54)(H,52,55)(H,57,58)/b18-10-/t33-,35-,37?,41+,47+/m1/s1. The minimum absolute atomic E-state index is 0.0670. The van der Waals surface area contributed by atoms with Gasteiger partial charge in [0.05, 0.1) is 31.0 Å². The molecule has 4 aromatic rings. The number of fused-ring (bicyclic) bond motifs is 3. The zero-order chi connectivity index (χ0) is 43.4. The van der Waals surface area contributed by atoms with Gasteiger partial charge < -0.3 is 35.2 Å². The predicted octanol–water partition coefficient (Wildman–Crippen LogP) is 8.42. The quantitative estimate of drug-likeness (QED) is 0.0800. The van der Waals surface area contributed by atoms with E-state index in [1.54, 1.807) is 7.11 Å². The van der Waals surface area contributed by atoms with Crippen LogP contribution in [-0.4, -0.2) is 80.6 Å². The minimum Gasteiger partial charge on any atom is -0.497 e. The number of aromatic nitrogens is 2. The lowest BCUT2D eigenvalue weighted by Gasteiger charge is -2.31. The average Bonchev–Trinajstić information content (AvgIpc) is 3.66. The normalized spacial score (nSPS) is 26.1. The Morgan fingerprint density at radius 1 is 1.03 bits per heavy atom. The number of hydrogen-bond acceptors (Lipinski definition) is 10. The van der Waals surface area contributed by atoms with E-state index in [2.05, 4.69) is 22.0 Å². The topological polar surface area (TPSA) is 172 Å². The van der Waals surface area contributed by atoms with Gasteiger partial charge in [-0.05, 0) is 76.0 Å². The van der Waals surface area contributed by atoms with E-state index in [0.29, 0.717) is 59.1 Å². The van der Waals surface area contributed by atoms with Crippen LogP contribution < -0.4 is 25.4 Å². The highest BCUT2D eigenvalue weighted by Gasteiger charge is 2.66. The van der Waals surface area contributed by atoms with Crippen molar-refractivity contribution in [3.8, 4) is 22.9 Å². The van der Waals surface area contributed by atoms with Crippen molar-refractivity contribution in [2.45, 2.75) is 127 Å². The third-order valence-electron chi connectivity index (χ3n) is 12.8. The number of pyridine rings is 1. The largest absolute Gasteiger partial charge is 0.497 e. The summed E-state index contributed by atoms with van der Waals surface area (Å²) in [7, 11) is -2.45. The number of thiazole rings is 1. The second-order valence-corrected chi connectivity index (χ2v) is 21.2. The third-order valence-corrected chi connectivity index (χ3v) is 16.2. The summed E-state index contributed by atoms with van der Waals surface area (Å²) in [4.78, 5) is 66.5. The van der Waals surface area contributed by atoms with Crippen LogP contribution in [0.4, 0.5) is 5.13 Å². The van der Waals surface area contributed by atoms with E-state index in [9.17, 15) is 23.8 Å². The molecule has 0 spiro atoms. The summed E-state index contributed by atoms with van der Waals surface area (Å²) in [5, 5.41) is 11.6. The van der Waals surface area contributed by atoms with Gasteiger partial charge in [-0.2, -0.15) is 0 Å². The molecule has 8 rings (SSSR count). The Hall–Kier alpha value is -4.78. The fourth-order valence-electron chi connectivity index (χ4n) is 9.43. The molecule has 2 saturated carbocycles. The van der Waals surface area contributed by atoms with E-state index in [0.717, 1.165) is 61.9 Å². The Bertz CT molecular complexity index is 2330. The van der Waals surface area contributed by atoms with Crippen LogP contribution in [0.2, 0.25) is 0 Å². The first-order valence-electron chi connectivity index (χ1n) is 22.2. The van der Waals surface area contributed by atoms with Crippen molar-refractivity contribution in [1.82, 2.24) is 25.5 Å². The zero-order valence-corrected chi connectivity index (χ0v) is 37.6. The first-order chi connectivity index (χ1) is 29.9. The molecule has 2 unspecified atom stereocenters. The summed E-state index contributed by atoms with van der Waals surface area (Å²) in [6.45, 7) is 4.17. The Kier molecular flexibility index (Phi) is 13.4. The maximum atomic E-state index is 14.9. The molecule has 330 valence electrons. The number of anilines is 1. The number of amides is 3. The predicted molar refractivity (Wildman–Crippen MR) is 242 cm³/mol. The number of carbonyl (C=O) groups is 3. The number of methoxy groups -OCH3 is 1. The zero-order valence-electron chi connectivity index (χ0n) is 35.9. The summed E-state index contributed by atoms with van der Waals surface area (Å²) in [5.74, 6) is 0.0953. The molecule has 2 aromatic carbocycles. The van der Waals surface area contributed by atoms with E-state index in [4.69, 9.17) is 19.4 Å². The van der Waals surface area contributed by atoms with Gasteiger partial charge in [-0.1, -0.05) is 68.2 Å². The Morgan fingerprint density at radius 2 is 1.82 bits per heavy atom. The highest BCUT2D eigenvalue weighted by atomic mass is 32.1. The molecule has 0 radical (unpaired) electrons. The summed E-state index contributed by atoms with van der Waals surface area (Å²) in [5.41, 5.74) is 2.59. The molecular formula is C47H59N6O7PS. The van der Waals surface area contributed by atoms with Gasteiger partial charge >= 0.3 is 0 Å². The molecule has 4 N–H and O–H groups in total. The number of nitrogens with zero attached hydrogens (tertiary/aromatic N) is 3. The lowest BCUT2D eigenvalue weighted by atomic mass is 10.0. The number of ether oxygens (including phenoxy) is 2. The van der Waals surface area contributed by atoms with Crippen LogP contribution in [0.25, 0.3) is 22.3 Å². The van der Waals surface area contributed by atoms with Gasteiger partial charge in [0.25, 0.3) is 0 Å². The lowest BCUT2D eigenvalue weighted by molar-refractivity contribution is -0.142. The smallest absolute Gasteiger partial charge is 0.245 e. The van der Waals surface area contributed by atoms with Gasteiger partial charge in [0.15, 0.2) is 5.13 Å². The summed E-state index contributed by atoms with van der Waals surface area (Å²) in [6.07, 6.45) is 12.0. The van der Waals surface area contributed by atoms with Gasteiger partial charge in [-0.15, -0.1) is 11.3 Å². The molecule has 1 saturated heterocycles. The molecule has 6 atom stereocenters. The summed E-state index contributed by atoms with van der Waals surface area (Å²) < 4.78 is 26.9. The highest BCUT2D eigenvalue weighted by Crippen LogP contribution is 2.71. The monoisotopic (exact) mass is 882 g/mol. The van der Waals surface area contributed by atoms with Crippen LogP contribution >= 0.6 is 18.7 Å².